The molecule has 1 aromatic heterocycles. The van der Waals surface area contributed by atoms with Crippen molar-refractivity contribution < 1.29 is 13.2 Å². The Bertz CT molecular complexity index is 488. The van der Waals surface area contributed by atoms with Crippen molar-refractivity contribution in [3.8, 4) is 0 Å². The van der Waals surface area contributed by atoms with E-state index in [2.05, 4.69) is 9.97 Å². The molecule has 1 atom stereocenters. The molecule has 0 aliphatic carbocycles. The molecule has 2 rings (SSSR count). The second-order valence-corrected chi connectivity index (χ2v) is 3.65. The molecule has 90 valence electrons. The topological polar surface area (TPSA) is 54.7 Å². The fourth-order valence-electron chi connectivity index (χ4n) is 1.52. The monoisotopic (exact) mass is 241 g/mol. The number of nitrogens with one attached hydrogen (secondary N) is 1. The Kier molecular flexibility index (Phi) is 3.14. The van der Waals surface area contributed by atoms with Crippen LogP contribution in [0.4, 0.5) is 13.2 Å². The van der Waals surface area contributed by atoms with Crippen LogP contribution in [0.2, 0.25) is 0 Å². The van der Waals surface area contributed by atoms with Gasteiger partial charge in [0.2, 0.25) is 0 Å². The highest BCUT2D eigenvalue weighted by Crippen LogP contribution is 2.19. The van der Waals surface area contributed by atoms with E-state index in [1.54, 1.807) is 12.4 Å². The lowest BCUT2D eigenvalue weighted by atomic mass is 10.0. The third kappa shape index (κ3) is 2.47. The van der Waals surface area contributed by atoms with Crippen LogP contribution in [0.25, 0.3) is 0 Å². The molecule has 0 saturated carbocycles. The van der Waals surface area contributed by atoms with Gasteiger partial charge >= 0.3 is 0 Å². The average molecular weight is 241 g/mol. The number of hydrogen-bond acceptors (Lipinski definition) is 2. The molecule has 1 aromatic carbocycles. The molecular weight excluding hydrogens is 231 g/mol. The van der Waals surface area contributed by atoms with Crippen LogP contribution in [-0.4, -0.2) is 9.97 Å². The summed E-state index contributed by atoms with van der Waals surface area (Å²) in [4.78, 5) is 6.77. The summed E-state index contributed by atoms with van der Waals surface area (Å²) >= 11 is 0. The van der Waals surface area contributed by atoms with Gasteiger partial charge in [-0.3, -0.25) is 0 Å². The number of H-pyrrole nitrogens is 1. The molecule has 6 heteroatoms. The number of imidazole rings is 1. The van der Waals surface area contributed by atoms with Gasteiger partial charge in [-0.2, -0.15) is 0 Å². The van der Waals surface area contributed by atoms with Crippen molar-refractivity contribution in [2.75, 3.05) is 0 Å². The molecule has 3 nitrogen and oxygen atoms in total. The number of benzene rings is 1. The summed E-state index contributed by atoms with van der Waals surface area (Å²) in [6, 6.07) is 1.14. The first-order valence-corrected chi connectivity index (χ1v) is 4.96. The highest BCUT2D eigenvalue weighted by atomic mass is 19.2. The Hall–Kier alpha value is -1.82. The van der Waals surface area contributed by atoms with Crippen LogP contribution in [0.1, 0.15) is 17.4 Å². The summed E-state index contributed by atoms with van der Waals surface area (Å²) in [5, 5.41) is 0. The number of halogens is 3. The summed E-state index contributed by atoms with van der Waals surface area (Å²) < 4.78 is 38.7. The summed E-state index contributed by atoms with van der Waals surface area (Å²) in [7, 11) is 0. The Morgan fingerprint density at radius 3 is 2.41 bits per heavy atom. The van der Waals surface area contributed by atoms with Crippen molar-refractivity contribution in [2.24, 2.45) is 5.73 Å². The van der Waals surface area contributed by atoms with E-state index in [4.69, 9.17) is 5.73 Å². The molecule has 0 radical (unpaired) electrons. The first-order valence-electron chi connectivity index (χ1n) is 4.96. The maximum Gasteiger partial charge on any atom is 0.194 e. The Morgan fingerprint density at radius 1 is 1.24 bits per heavy atom. The van der Waals surface area contributed by atoms with Crippen molar-refractivity contribution in [3.05, 3.63) is 53.4 Å². The molecule has 0 saturated heterocycles. The number of rotatable bonds is 3. The first-order chi connectivity index (χ1) is 8.08. The zero-order chi connectivity index (χ0) is 12.4. The van der Waals surface area contributed by atoms with Crippen molar-refractivity contribution in [1.29, 1.82) is 0 Å². The lowest BCUT2D eigenvalue weighted by molar-refractivity contribution is 0.443. The van der Waals surface area contributed by atoms with Gasteiger partial charge in [0.05, 0.1) is 0 Å². The van der Waals surface area contributed by atoms with E-state index in [1.807, 2.05) is 0 Å². The van der Waals surface area contributed by atoms with E-state index in [-0.39, 0.29) is 12.0 Å². The summed E-state index contributed by atoms with van der Waals surface area (Å²) in [6.07, 6.45) is 3.46. The minimum atomic E-state index is -1.49. The summed E-state index contributed by atoms with van der Waals surface area (Å²) in [5.41, 5.74) is 5.95. The standard InChI is InChI=1S/C11H10F3N3/c12-7-3-6(4-8(13)11(7)14)9(15)5-10-16-1-2-17-10/h1-4,9H,5,15H2,(H,16,17). The molecule has 2 aromatic rings. The molecule has 17 heavy (non-hydrogen) atoms. The first kappa shape index (κ1) is 11.7. The van der Waals surface area contributed by atoms with Gasteiger partial charge in [0, 0.05) is 24.9 Å². The van der Waals surface area contributed by atoms with Gasteiger partial charge in [-0.05, 0) is 17.7 Å². The molecule has 0 aliphatic heterocycles. The van der Waals surface area contributed by atoms with Crippen LogP contribution >= 0.6 is 0 Å². The van der Waals surface area contributed by atoms with Gasteiger partial charge in [-0.1, -0.05) is 0 Å². The number of aromatic nitrogens is 2. The predicted molar refractivity (Wildman–Crippen MR) is 55.5 cm³/mol. The lowest BCUT2D eigenvalue weighted by Crippen LogP contribution is -2.15. The number of aromatic amines is 1. The molecule has 1 unspecified atom stereocenters. The number of nitrogens with two attached hydrogens (primary N) is 1. The maximum atomic E-state index is 13.0. The van der Waals surface area contributed by atoms with Crippen molar-refractivity contribution in [3.63, 3.8) is 0 Å². The zero-order valence-corrected chi connectivity index (χ0v) is 8.75. The third-order valence-corrected chi connectivity index (χ3v) is 2.40. The summed E-state index contributed by atoms with van der Waals surface area (Å²) in [5.74, 6) is -3.37. The predicted octanol–water partition coefficient (Wildman–Crippen LogP) is 2.07. The van der Waals surface area contributed by atoms with Gasteiger partial charge < -0.3 is 10.7 Å². The minimum Gasteiger partial charge on any atom is -0.349 e. The SMILES string of the molecule is NC(Cc1ncc[nH]1)c1cc(F)c(F)c(F)c1. The van der Waals surface area contributed by atoms with Gasteiger partial charge in [0.1, 0.15) is 5.82 Å². The van der Waals surface area contributed by atoms with Gasteiger partial charge in [0.25, 0.3) is 0 Å². The van der Waals surface area contributed by atoms with Crippen LogP contribution < -0.4 is 5.73 Å². The molecule has 0 bridgehead atoms. The molecule has 1 heterocycles. The lowest BCUT2D eigenvalue weighted by Gasteiger charge is -2.11. The molecule has 0 amide bonds. The third-order valence-electron chi connectivity index (χ3n) is 2.40. The second kappa shape index (κ2) is 4.58. The van der Waals surface area contributed by atoms with E-state index < -0.39 is 23.5 Å². The Morgan fingerprint density at radius 2 is 1.88 bits per heavy atom. The van der Waals surface area contributed by atoms with Crippen LogP contribution in [0.5, 0.6) is 0 Å². The van der Waals surface area contributed by atoms with Crippen molar-refractivity contribution in [2.45, 2.75) is 12.5 Å². The normalized spacial score (nSPS) is 12.7. The van der Waals surface area contributed by atoms with Crippen LogP contribution in [0, 0.1) is 17.5 Å². The highest BCUT2D eigenvalue weighted by Gasteiger charge is 2.15. The molecular formula is C11H10F3N3. The molecule has 3 N–H and O–H groups in total. The van der Waals surface area contributed by atoms with Crippen molar-refractivity contribution in [1.82, 2.24) is 9.97 Å². The average Bonchev–Trinajstić information content (AvgIpc) is 2.77. The van der Waals surface area contributed by atoms with E-state index in [0.29, 0.717) is 5.82 Å². The quantitative estimate of drug-likeness (QED) is 0.808. The second-order valence-electron chi connectivity index (χ2n) is 3.65. The fraction of sp³-hybridized carbons (Fsp3) is 0.182. The highest BCUT2D eigenvalue weighted by molar-refractivity contribution is 5.23. The van der Waals surface area contributed by atoms with Crippen LogP contribution in [0.15, 0.2) is 24.5 Å². The molecule has 0 aliphatic rings. The van der Waals surface area contributed by atoms with Gasteiger partial charge in [0.15, 0.2) is 17.5 Å². The molecule has 0 fully saturated rings. The Balaban J connectivity index is 2.22. The smallest absolute Gasteiger partial charge is 0.194 e. The maximum absolute atomic E-state index is 13.0. The van der Waals surface area contributed by atoms with Crippen molar-refractivity contribution >= 4 is 0 Å². The fourth-order valence-corrected chi connectivity index (χ4v) is 1.52. The minimum absolute atomic E-state index is 0.192. The number of hydrogen-bond donors (Lipinski definition) is 2. The number of nitrogens with zero attached hydrogens (tertiary/aromatic N) is 1. The molecule has 0 spiro atoms. The van der Waals surface area contributed by atoms with Gasteiger partial charge in [-0.15, -0.1) is 0 Å². The van der Waals surface area contributed by atoms with E-state index >= 15 is 0 Å². The Labute approximate surface area is 95.5 Å². The van der Waals surface area contributed by atoms with Crippen LogP contribution in [-0.2, 0) is 6.42 Å². The van der Waals surface area contributed by atoms with E-state index in [1.165, 1.54) is 0 Å². The van der Waals surface area contributed by atoms with Crippen LogP contribution in [0.3, 0.4) is 0 Å². The largest absolute Gasteiger partial charge is 0.349 e. The van der Waals surface area contributed by atoms with E-state index in [0.717, 1.165) is 12.1 Å². The van der Waals surface area contributed by atoms with E-state index in [9.17, 15) is 13.2 Å². The zero-order valence-electron chi connectivity index (χ0n) is 8.75. The summed E-state index contributed by atoms with van der Waals surface area (Å²) in [6.45, 7) is 0. The van der Waals surface area contributed by atoms with Gasteiger partial charge in [-0.25, -0.2) is 18.2 Å².